The van der Waals surface area contributed by atoms with Gasteiger partial charge in [-0.15, -0.1) is 11.8 Å². The lowest BCUT2D eigenvalue weighted by Gasteiger charge is -2.09. The summed E-state index contributed by atoms with van der Waals surface area (Å²) < 4.78 is 11.2. The summed E-state index contributed by atoms with van der Waals surface area (Å²) in [6.07, 6.45) is 1.06. The number of ether oxygens (including phenoxy) is 2. The summed E-state index contributed by atoms with van der Waals surface area (Å²) in [6.45, 7) is 3.35. The molecule has 0 fully saturated rings. The van der Waals surface area contributed by atoms with E-state index in [0.717, 1.165) is 23.7 Å². The summed E-state index contributed by atoms with van der Waals surface area (Å²) in [4.78, 5) is 1.32. The molecule has 0 amide bonds. The number of thioether (sulfide) groups is 1. The fourth-order valence-corrected chi connectivity index (χ4v) is 2.48. The summed E-state index contributed by atoms with van der Waals surface area (Å²) >= 11 is 1.87. The molecule has 1 aliphatic rings. The molecule has 2 rings (SSSR count). The van der Waals surface area contributed by atoms with E-state index < -0.39 is 0 Å². The van der Waals surface area contributed by atoms with Crippen LogP contribution in [-0.4, -0.2) is 19.0 Å². The topological polar surface area (TPSA) is 18.5 Å². The van der Waals surface area contributed by atoms with E-state index in [1.54, 1.807) is 0 Å². The summed E-state index contributed by atoms with van der Waals surface area (Å²) in [6, 6.07) is 9.83. The average molecular weight is 236 g/mol. The molecule has 0 N–H and O–H groups in total. The largest absolute Gasteiger partial charge is 0.494 e. The molecule has 0 aliphatic carbocycles. The first-order chi connectivity index (χ1) is 7.86. The molecule has 0 saturated carbocycles. The van der Waals surface area contributed by atoms with Crippen LogP contribution in [0.1, 0.15) is 13.3 Å². The zero-order valence-electron chi connectivity index (χ0n) is 9.44. The van der Waals surface area contributed by atoms with Crippen LogP contribution in [0.3, 0.4) is 0 Å². The molecular formula is C13H16O2S. The molecule has 0 saturated heterocycles. The molecule has 1 heterocycles. The van der Waals surface area contributed by atoms with Crippen molar-refractivity contribution in [3.63, 3.8) is 0 Å². The van der Waals surface area contributed by atoms with Crippen molar-refractivity contribution in [2.24, 2.45) is 0 Å². The van der Waals surface area contributed by atoms with Gasteiger partial charge >= 0.3 is 0 Å². The fourth-order valence-electron chi connectivity index (χ4n) is 1.57. The maximum atomic E-state index is 5.67. The molecule has 0 radical (unpaired) electrons. The Hall–Kier alpha value is -1.09. The van der Waals surface area contributed by atoms with Crippen molar-refractivity contribution in [2.45, 2.75) is 13.3 Å². The van der Waals surface area contributed by atoms with Gasteiger partial charge in [-0.2, -0.15) is 0 Å². The molecule has 16 heavy (non-hydrogen) atoms. The summed E-state index contributed by atoms with van der Waals surface area (Å²) in [5.74, 6) is 3.19. The monoisotopic (exact) mass is 236 g/mol. The molecule has 1 aromatic rings. The lowest BCUT2D eigenvalue weighted by Crippen LogP contribution is -2.06. The smallest absolute Gasteiger partial charge is 0.122 e. The zero-order chi connectivity index (χ0) is 11.2. The van der Waals surface area contributed by atoms with E-state index >= 15 is 0 Å². The molecule has 0 spiro atoms. The van der Waals surface area contributed by atoms with Crippen molar-refractivity contribution < 1.29 is 9.47 Å². The van der Waals surface area contributed by atoms with Gasteiger partial charge < -0.3 is 9.47 Å². The quantitative estimate of drug-likeness (QED) is 0.729. The van der Waals surface area contributed by atoms with Crippen LogP contribution in [0.25, 0.3) is 0 Å². The van der Waals surface area contributed by atoms with Crippen molar-refractivity contribution in [1.82, 2.24) is 0 Å². The summed E-state index contributed by atoms with van der Waals surface area (Å²) in [7, 11) is 0. The van der Waals surface area contributed by atoms with Crippen molar-refractivity contribution >= 4 is 11.8 Å². The molecule has 0 atom stereocenters. The van der Waals surface area contributed by atoms with E-state index in [1.807, 2.05) is 42.1 Å². The van der Waals surface area contributed by atoms with Crippen LogP contribution in [0.15, 0.2) is 41.0 Å². The first kappa shape index (κ1) is 11.4. The lowest BCUT2D eigenvalue weighted by molar-refractivity contribution is 0.152. The standard InChI is InChI=1S/C13H16O2S/c1-11-13(7-10-16-11)15-9-8-14-12-5-3-2-4-6-12/h2-6H,7-10H2,1H3. The van der Waals surface area contributed by atoms with Gasteiger partial charge in [0.15, 0.2) is 0 Å². The fraction of sp³-hybridized carbons (Fsp3) is 0.385. The van der Waals surface area contributed by atoms with Crippen LogP contribution < -0.4 is 4.74 Å². The Bertz CT molecular complexity index is 359. The van der Waals surface area contributed by atoms with E-state index in [0.29, 0.717) is 13.2 Å². The van der Waals surface area contributed by atoms with E-state index in [9.17, 15) is 0 Å². The molecule has 86 valence electrons. The zero-order valence-corrected chi connectivity index (χ0v) is 10.3. The summed E-state index contributed by atoms with van der Waals surface area (Å²) in [5, 5.41) is 0. The van der Waals surface area contributed by atoms with E-state index in [-0.39, 0.29) is 0 Å². The normalized spacial score (nSPS) is 15.3. The Morgan fingerprint density at radius 3 is 2.56 bits per heavy atom. The van der Waals surface area contributed by atoms with Gasteiger partial charge in [0.25, 0.3) is 0 Å². The second-order valence-electron chi connectivity index (χ2n) is 3.59. The minimum atomic E-state index is 0.603. The molecule has 3 heteroatoms. The maximum absolute atomic E-state index is 5.67. The Labute approximate surface area is 101 Å². The van der Waals surface area contributed by atoms with Gasteiger partial charge in [0.1, 0.15) is 24.7 Å². The van der Waals surface area contributed by atoms with Gasteiger partial charge in [0, 0.05) is 17.1 Å². The number of rotatable bonds is 5. The molecular weight excluding hydrogens is 220 g/mol. The predicted molar refractivity (Wildman–Crippen MR) is 67.7 cm³/mol. The van der Waals surface area contributed by atoms with Crippen LogP contribution in [-0.2, 0) is 4.74 Å². The molecule has 1 aliphatic heterocycles. The van der Waals surface area contributed by atoms with Gasteiger partial charge in [0.2, 0.25) is 0 Å². The summed E-state index contributed by atoms with van der Waals surface area (Å²) in [5.41, 5.74) is 0. The van der Waals surface area contributed by atoms with E-state index in [4.69, 9.17) is 9.47 Å². The SMILES string of the molecule is CC1=C(OCCOc2ccccc2)CCS1. The van der Waals surface area contributed by atoms with Crippen molar-refractivity contribution in [2.75, 3.05) is 19.0 Å². The molecule has 2 nitrogen and oxygen atoms in total. The highest BCUT2D eigenvalue weighted by molar-refractivity contribution is 8.03. The maximum Gasteiger partial charge on any atom is 0.122 e. The highest BCUT2D eigenvalue weighted by atomic mass is 32.2. The van der Waals surface area contributed by atoms with Gasteiger partial charge in [-0.3, -0.25) is 0 Å². The van der Waals surface area contributed by atoms with Gasteiger partial charge in [-0.05, 0) is 19.1 Å². The van der Waals surface area contributed by atoms with Crippen LogP contribution >= 0.6 is 11.8 Å². The highest BCUT2D eigenvalue weighted by Gasteiger charge is 2.12. The molecule has 1 aromatic carbocycles. The molecule has 0 aromatic heterocycles. The van der Waals surface area contributed by atoms with Crippen LogP contribution in [0.5, 0.6) is 5.75 Å². The van der Waals surface area contributed by atoms with Gasteiger partial charge in [0.05, 0.1) is 0 Å². The predicted octanol–water partition coefficient (Wildman–Crippen LogP) is 3.45. The Balaban J connectivity index is 1.68. The van der Waals surface area contributed by atoms with Crippen LogP contribution in [0, 0.1) is 0 Å². The van der Waals surface area contributed by atoms with Crippen molar-refractivity contribution in [3.05, 3.63) is 41.0 Å². The van der Waals surface area contributed by atoms with Crippen LogP contribution in [0.4, 0.5) is 0 Å². The minimum Gasteiger partial charge on any atom is -0.494 e. The van der Waals surface area contributed by atoms with Crippen LogP contribution in [0.2, 0.25) is 0 Å². The molecule has 0 unspecified atom stereocenters. The minimum absolute atomic E-state index is 0.603. The third kappa shape index (κ3) is 3.20. The number of para-hydroxylation sites is 1. The third-order valence-electron chi connectivity index (χ3n) is 2.41. The average Bonchev–Trinajstić information content (AvgIpc) is 2.72. The number of hydrogen-bond acceptors (Lipinski definition) is 3. The first-order valence-electron chi connectivity index (χ1n) is 5.49. The van der Waals surface area contributed by atoms with Gasteiger partial charge in [-0.1, -0.05) is 18.2 Å². The van der Waals surface area contributed by atoms with E-state index in [1.165, 1.54) is 4.91 Å². The third-order valence-corrected chi connectivity index (χ3v) is 3.48. The van der Waals surface area contributed by atoms with Gasteiger partial charge in [-0.25, -0.2) is 0 Å². The number of hydrogen-bond donors (Lipinski definition) is 0. The second-order valence-corrected chi connectivity index (χ2v) is 4.90. The first-order valence-corrected chi connectivity index (χ1v) is 6.48. The Morgan fingerprint density at radius 1 is 1.12 bits per heavy atom. The van der Waals surface area contributed by atoms with Crippen molar-refractivity contribution in [3.8, 4) is 5.75 Å². The second kappa shape index (κ2) is 5.85. The number of allylic oxidation sites excluding steroid dienone is 2. The van der Waals surface area contributed by atoms with E-state index in [2.05, 4.69) is 6.92 Å². The number of benzene rings is 1. The highest BCUT2D eigenvalue weighted by Crippen LogP contribution is 2.30. The van der Waals surface area contributed by atoms with Crippen molar-refractivity contribution in [1.29, 1.82) is 0 Å². The lowest BCUT2D eigenvalue weighted by atomic mass is 10.3. The Morgan fingerprint density at radius 2 is 1.88 bits per heavy atom. The Kier molecular flexibility index (Phi) is 4.17. The molecule has 0 bridgehead atoms.